The minimum atomic E-state index is -3.75. The molecule has 13 nitrogen and oxygen atoms in total. The van der Waals surface area contributed by atoms with E-state index in [0.29, 0.717) is 83.6 Å². The number of sulfone groups is 1. The number of aliphatic hydroxyl groups excluding tert-OH is 1. The highest BCUT2D eigenvalue weighted by atomic mass is 35.5. The third-order valence-electron chi connectivity index (χ3n) is 14.4. The molecule has 0 radical (unpaired) electrons. The van der Waals surface area contributed by atoms with Crippen molar-refractivity contribution < 1.29 is 31.9 Å². The first-order chi connectivity index (χ1) is 35.0. The molecule has 386 valence electrons. The van der Waals surface area contributed by atoms with Gasteiger partial charge in [0, 0.05) is 107 Å². The Balaban J connectivity index is 0.902. The van der Waals surface area contributed by atoms with Crippen molar-refractivity contribution in [2.24, 2.45) is 5.92 Å². The van der Waals surface area contributed by atoms with Gasteiger partial charge in [-0.05, 0) is 143 Å². The monoisotopic (exact) mass is 1070 g/mol. The maximum atomic E-state index is 15.8. The molecule has 3 aliphatic rings. The number of piperidine rings is 1. The van der Waals surface area contributed by atoms with Crippen LogP contribution in [-0.2, 0) is 25.3 Å². The summed E-state index contributed by atoms with van der Waals surface area (Å²) >= 11 is 8.02. The Kier molecular flexibility index (Phi) is 16.1. The lowest BCUT2D eigenvalue weighted by molar-refractivity contribution is -0.385. The summed E-state index contributed by atoms with van der Waals surface area (Å²) in [5.74, 6) is 0.447. The molecule has 18 heteroatoms. The molecule has 4 heterocycles. The number of nitro benzene ring substituents is 1. The number of nitrogens with zero attached hydrogens (tertiary/aromatic N) is 6. The van der Waals surface area contributed by atoms with Gasteiger partial charge in [-0.3, -0.25) is 19.3 Å². The number of anilines is 3. The predicted molar refractivity (Wildman–Crippen MR) is 294 cm³/mol. The van der Waals surface area contributed by atoms with Crippen molar-refractivity contribution in [2.45, 2.75) is 68.4 Å². The molecule has 3 fully saturated rings. The number of thioether (sulfide) groups is 1. The Morgan fingerprint density at radius 1 is 0.849 bits per heavy atom. The van der Waals surface area contributed by atoms with Crippen molar-refractivity contribution in [1.82, 2.24) is 9.47 Å². The molecule has 3 aliphatic heterocycles. The Labute approximate surface area is 437 Å². The van der Waals surface area contributed by atoms with Crippen LogP contribution in [-0.4, -0.2) is 105 Å². The summed E-state index contributed by atoms with van der Waals surface area (Å²) in [7, 11) is -7.47. The Hall–Kier alpha value is -5.19. The number of aliphatic hydroxyl groups is 1. The van der Waals surface area contributed by atoms with E-state index in [1.165, 1.54) is 24.5 Å². The summed E-state index contributed by atoms with van der Waals surface area (Å²) in [6, 6.07) is 34.8. The number of rotatable bonds is 17. The van der Waals surface area contributed by atoms with Crippen LogP contribution in [0.2, 0.25) is 5.02 Å². The second-order valence-electron chi connectivity index (χ2n) is 19.7. The highest BCUT2D eigenvalue weighted by Crippen LogP contribution is 2.56. The largest absolute Gasteiger partial charge is 0.393 e. The zero-order valence-electron chi connectivity index (χ0n) is 41.7. The average molecular weight is 1070 g/mol. The van der Waals surface area contributed by atoms with Gasteiger partial charge in [-0.15, -0.1) is 11.8 Å². The number of halogens is 2. The smallest absolute Gasteiger partial charge is 0.326 e. The van der Waals surface area contributed by atoms with Gasteiger partial charge < -0.3 is 28.9 Å². The first-order valence-electron chi connectivity index (χ1n) is 25.0. The molecule has 73 heavy (non-hydrogen) atoms. The normalized spacial score (nSPS) is 18.5. The van der Waals surface area contributed by atoms with E-state index in [9.17, 15) is 28.2 Å². The molecule has 0 saturated carbocycles. The van der Waals surface area contributed by atoms with Crippen molar-refractivity contribution in [3.05, 3.63) is 147 Å². The molecule has 0 amide bonds. The fourth-order valence-corrected chi connectivity index (χ4v) is 15.4. The molecular formula is C55H63ClFN6O7PS2. The number of likely N-dealkylation sites (tertiary alicyclic amines) is 1. The van der Waals surface area contributed by atoms with Gasteiger partial charge in [0.25, 0.3) is 5.69 Å². The van der Waals surface area contributed by atoms with Crippen LogP contribution in [0.15, 0.2) is 125 Å². The molecular weight excluding hydrogens is 1010 g/mol. The van der Waals surface area contributed by atoms with Crippen molar-refractivity contribution in [3.8, 4) is 22.4 Å². The molecule has 5 aromatic carbocycles. The summed E-state index contributed by atoms with van der Waals surface area (Å²) < 4.78 is 67.6. The Morgan fingerprint density at radius 3 is 2.15 bits per heavy atom. The van der Waals surface area contributed by atoms with Crippen LogP contribution in [0.4, 0.5) is 27.1 Å². The topological polar surface area (TPSA) is 142 Å². The first kappa shape index (κ1) is 52.7. The lowest BCUT2D eigenvalue weighted by atomic mass is 9.96. The van der Waals surface area contributed by atoms with E-state index in [-0.39, 0.29) is 45.5 Å². The van der Waals surface area contributed by atoms with Crippen LogP contribution in [0.3, 0.4) is 0 Å². The number of hydrogen-bond acceptors (Lipinski definition) is 11. The minimum Gasteiger partial charge on any atom is -0.393 e. The van der Waals surface area contributed by atoms with Crippen molar-refractivity contribution in [1.29, 1.82) is 0 Å². The van der Waals surface area contributed by atoms with Crippen molar-refractivity contribution in [2.75, 3.05) is 85.4 Å². The molecule has 9 rings (SSSR count). The van der Waals surface area contributed by atoms with Crippen LogP contribution < -0.4 is 19.8 Å². The SMILES string of the molecule is Cc1c(S(C)(=O)=O)c(-c2cc(F)cc(N3CCN(c4ccc(N5CCO[P@]5(=O)c5ccc(C[C@H](CCN6CCC(O)CC6)CSc6ccccc6)c([N+](=O)[O-])c5)cc4)CC3)c2)c(-c2ccc(Cl)cc2)n1C(C)C. The third-order valence-corrected chi connectivity index (χ3v) is 19.6. The summed E-state index contributed by atoms with van der Waals surface area (Å²) in [5.41, 5.74) is 5.77. The van der Waals surface area contributed by atoms with Gasteiger partial charge in [-0.25, -0.2) is 12.8 Å². The molecule has 0 aliphatic carbocycles. The fourth-order valence-electron chi connectivity index (χ4n) is 10.7. The van der Waals surface area contributed by atoms with Gasteiger partial charge >= 0.3 is 7.52 Å². The molecule has 6 aromatic rings. The fraction of sp³-hybridized carbons (Fsp3) is 0.382. The molecule has 3 saturated heterocycles. The molecule has 0 spiro atoms. The predicted octanol–water partition coefficient (Wildman–Crippen LogP) is 11.3. The standard InChI is InChI=1S/C55H63ClFN6O7PS2/c1-38(2)62-39(3)55(73(4,68)69)53(54(62)41-10-13-44(56)14-11-41)43-33-45(57)35-48(34-43)60-28-26-59(27-29-60)46-15-17-47(18-16-46)61-30-31-70-71(61,67)50-19-12-42(52(36-50)63(65)66)32-40(37-72-51-8-6-5-7-9-51)20-23-58-24-21-49(64)22-25-58/h5-19,33-36,38,40,49,64H,20-32,37H2,1-4H3/t40-,71+/m0/s1. The zero-order valence-corrected chi connectivity index (χ0v) is 45.0. The number of benzene rings is 5. The van der Waals surface area contributed by atoms with Gasteiger partial charge in [0.2, 0.25) is 0 Å². The zero-order chi connectivity index (χ0) is 51.6. The van der Waals surface area contributed by atoms with E-state index < -0.39 is 23.2 Å². The van der Waals surface area contributed by atoms with E-state index in [4.69, 9.17) is 16.1 Å². The number of nitro groups is 1. The van der Waals surface area contributed by atoms with E-state index in [1.54, 1.807) is 47.6 Å². The summed E-state index contributed by atoms with van der Waals surface area (Å²) in [4.78, 5) is 20.4. The molecule has 1 aromatic heterocycles. The van der Waals surface area contributed by atoms with E-state index in [1.807, 2.05) is 79.1 Å². The average Bonchev–Trinajstić information content (AvgIpc) is 3.93. The van der Waals surface area contributed by atoms with Gasteiger partial charge in [0.1, 0.15) is 5.82 Å². The minimum absolute atomic E-state index is 0.0652. The van der Waals surface area contributed by atoms with Crippen LogP contribution >= 0.6 is 30.9 Å². The van der Waals surface area contributed by atoms with Gasteiger partial charge in [-0.1, -0.05) is 48.0 Å². The third kappa shape index (κ3) is 11.7. The Bertz CT molecular complexity index is 3090. The van der Waals surface area contributed by atoms with Crippen molar-refractivity contribution in [3.63, 3.8) is 0 Å². The van der Waals surface area contributed by atoms with Crippen molar-refractivity contribution >= 4 is 68.8 Å². The van der Waals surface area contributed by atoms with Gasteiger partial charge in [0.05, 0.1) is 40.1 Å². The van der Waals surface area contributed by atoms with Gasteiger partial charge in [0.15, 0.2) is 9.84 Å². The van der Waals surface area contributed by atoms with E-state index >= 15 is 4.39 Å². The number of piperazine rings is 1. The van der Waals surface area contributed by atoms with Crippen LogP contribution in [0.1, 0.15) is 50.4 Å². The lowest BCUT2D eigenvalue weighted by Crippen LogP contribution is -2.46. The molecule has 0 unspecified atom stereocenters. The highest BCUT2D eigenvalue weighted by Gasteiger charge is 2.41. The van der Waals surface area contributed by atoms with E-state index in [0.717, 1.165) is 60.8 Å². The second kappa shape index (κ2) is 22.3. The molecule has 2 atom stereocenters. The molecule has 1 N–H and O–H groups in total. The van der Waals surface area contributed by atoms with Crippen LogP contribution in [0.5, 0.6) is 0 Å². The Morgan fingerprint density at radius 2 is 1.51 bits per heavy atom. The summed E-state index contributed by atoms with van der Waals surface area (Å²) in [6.07, 6.45) is 3.78. The second-order valence-corrected chi connectivity index (χ2v) is 25.5. The first-order valence-corrected chi connectivity index (χ1v) is 29.8. The number of aromatic nitrogens is 1. The highest BCUT2D eigenvalue weighted by molar-refractivity contribution is 7.99. The van der Waals surface area contributed by atoms with Crippen LogP contribution in [0.25, 0.3) is 22.4 Å². The molecule has 0 bridgehead atoms. The quantitative estimate of drug-likeness (QED) is 0.0402. The van der Waals surface area contributed by atoms with E-state index in [2.05, 4.69) is 26.8 Å². The maximum absolute atomic E-state index is 15.8. The van der Waals surface area contributed by atoms with Crippen LogP contribution in [0, 0.1) is 28.8 Å². The summed E-state index contributed by atoms with van der Waals surface area (Å²) in [6.45, 7) is 11.2. The number of hydrogen-bond donors (Lipinski definition) is 1. The van der Waals surface area contributed by atoms with Gasteiger partial charge in [-0.2, -0.15) is 0 Å². The maximum Gasteiger partial charge on any atom is 0.326 e. The summed E-state index contributed by atoms with van der Waals surface area (Å²) in [5, 5.41) is 23.6. The lowest BCUT2D eigenvalue weighted by Gasteiger charge is -2.37.